The van der Waals surface area contributed by atoms with Crippen LogP contribution in [0.4, 0.5) is 31.1 Å². The third kappa shape index (κ3) is 8.69. The molecule has 1 aliphatic rings. The van der Waals surface area contributed by atoms with Gasteiger partial charge in [-0.25, -0.2) is 4.79 Å². The Hall–Kier alpha value is -3.70. The zero-order chi connectivity index (χ0) is 32.8. The number of H-pyrrole nitrogens is 1. The number of hydrogen-bond donors (Lipinski definition) is 2. The molecule has 0 radical (unpaired) electrons. The average molecular weight is 628 g/mol. The smallest absolute Gasteiger partial charge is 0.416 e. The van der Waals surface area contributed by atoms with Crippen LogP contribution in [0.15, 0.2) is 48.7 Å². The summed E-state index contributed by atoms with van der Waals surface area (Å²) >= 11 is 0. The normalized spacial score (nSPS) is 15.1. The highest BCUT2D eigenvalue weighted by Gasteiger charge is 2.38. The number of likely N-dealkylation sites (N-methyl/N-ethyl adjacent to an activating group) is 1. The van der Waals surface area contributed by atoms with Gasteiger partial charge in [0.1, 0.15) is 0 Å². The molecule has 1 atom stereocenters. The van der Waals surface area contributed by atoms with Crippen LogP contribution in [-0.4, -0.2) is 57.1 Å². The first kappa shape index (κ1) is 34.8. The Bertz CT molecular complexity index is 1380. The minimum Gasteiger partial charge on any atom is -0.465 e. The standard InChI is InChI=1S/C22H20F6N2O.C10H19NO2/c1-3-17(10-14-12-29-19-7-5-4-6-18(14)19)30(2)20(31)13-8-15(21(23,24)25)11-16(9-13)22(26,27)28;1-8(2)11(10(12)13)9-6-4-3-5-7-9/h4-9,11-12,17,29H,3,10H2,1-2H3;8-9H,3-7H2,1-2H3,(H,12,13). The van der Waals surface area contributed by atoms with Crippen LogP contribution in [0.2, 0.25) is 0 Å². The lowest BCUT2D eigenvalue weighted by molar-refractivity contribution is -0.143. The maximum atomic E-state index is 13.1. The minimum absolute atomic E-state index is 0.0139. The molecule has 0 bridgehead atoms. The van der Waals surface area contributed by atoms with E-state index in [9.17, 15) is 35.9 Å². The number of carbonyl (C=O) groups is 2. The molecule has 0 spiro atoms. The molecule has 1 aliphatic carbocycles. The van der Waals surface area contributed by atoms with E-state index in [1.54, 1.807) is 18.0 Å². The van der Waals surface area contributed by atoms with E-state index < -0.39 is 47.1 Å². The van der Waals surface area contributed by atoms with Gasteiger partial charge in [0.25, 0.3) is 5.91 Å². The highest BCUT2D eigenvalue weighted by molar-refractivity contribution is 5.95. The van der Waals surface area contributed by atoms with Gasteiger partial charge in [-0.1, -0.05) is 44.4 Å². The van der Waals surface area contributed by atoms with Gasteiger partial charge in [-0.3, -0.25) is 4.79 Å². The van der Waals surface area contributed by atoms with Gasteiger partial charge in [-0.05, 0) is 69.4 Å². The van der Waals surface area contributed by atoms with Gasteiger partial charge in [-0.2, -0.15) is 26.3 Å². The van der Waals surface area contributed by atoms with E-state index in [2.05, 4.69) is 4.98 Å². The zero-order valence-electron chi connectivity index (χ0n) is 25.2. The van der Waals surface area contributed by atoms with Crippen molar-refractivity contribution in [3.63, 3.8) is 0 Å². The number of para-hydroxylation sites is 1. The monoisotopic (exact) mass is 627 g/mol. The van der Waals surface area contributed by atoms with E-state index in [4.69, 9.17) is 5.11 Å². The molecule has 2 amide bonds. The summed E-state index contributed by atoms with van der Waals surface area (Å²) in [4.78, 5) is 29.8. The molecule has 0 aliphatic heterocycles. The lowest BCUT2D eigenvalue weighted by Crippen LogP contribution is -2.44. The summed E-state index contributed by atoms with van der Waals surface area (Å²) in [5, 5.41) is 9.97. The van der Waals surface area contributed by atoms with E-state index in [-0.39, 0.29) is 18.2 Å². The number of rotatable bonds is 7. The first-order valence-electron chi connectivity index (χ1n) is 14.7. The molecule has 0 saturated heterocycles. The van der Waals surface area contributed by atoms with Crippen LogP contribution in [0.3, 0.4) is 0 Å². The Balaban J connectivity index is 0.000000340. The third-order valence-corrected chi connectivity index (χ3v) is 8.05. The van der Waals surface area contributed by atoms with Gasteiger partial charge in [0.05, 0.1) is 11.1 Å². The van der Waals surface area contributed by atoms with Crippen molar-refractivity contribution < 1.29 is 41.0 Å². The second kappa shape index (κ2) is 14.4. The van der Waals surface area contributed by atoms with E-state index in [1.807, 2.05) is 38.1 Å². The Morgan fingerprint density at radius 1 is 0.955 bits per heavy atom. The fourth-order valence-corrected chi connectivity index (χ4v) is 5.72. The minimum atomic E-state index is -5.01. The number of carboxylic acid groups (broad SMARTS) is 1. The van der Waals surface area contributed by atoms with E-state index in [0.717, 1.165) is 29.3 Å². The molecule has 1 fully saturated rings. The number of aromatic amines is 1. The van der Waals surface area contributed by atoms with Crippen molar-refractivity contribution >= 4 is 22.9 Å². The second-order valence-electron chi connectivity index (χ2n) is 11.4. The summed E-state index contributed by atoms with van der Waals surface area (Å²) in [6.07, 6.45) is -2.41. The number of halogens is 6. The first-order valence-corrected chi connectivity index (χ1v) is 14.7. The highest BCUT2D eigenvalue weighted by atomic mass is 19.4. The number of nitrogens with zero attached hydrogens (tertiary/aromatic N) is 2. The number of fused-ring (bicyclic) bond motifs is 1. The average Bonchev–Trinajstić information content (AvgIpc) is 3.37. The number of amides is 2. The molecule has 1 heterocycles. The largest absolute Gasteiger partial charge is 0.465 e. The van der Waals surface area contributed by atoms with Gasteiger partial charge >= 0.3 is 18.4 Å². The second-order valence-corrected chi connectivity index (χ2v) is 11.4. The maximum Gasteiger partial charge on any atom is 0.416 e. The predicted octanol–water partition coefficient (Wildman–Crippen LogP) is 9.01. The molecule has 12 heteroatoms. The number of aromatic nitrogens is 1. The van der Waals surface area contributed by atoms with E-state index >= 15 is 0 Å². The molecule has 1 aromatic heterocycles. The van der Waals surface area contributed by atoms with Gasteiger partial charge in [-0.15, -0.1) is 0 Å². The van der Waals surface area contributed by atoms with Crippen molar-refractivity contribution in [3.05, 3.63) is 70.9 Å². The van der Waals surface area contributed by atoms with Crippen molar-refractivity contribution in [2.24, 2.45) is 0 Å². The third-order valence-electron chi connectivity index (χ3n) is 8.05. The molecule has 242 valence electrons. The SMILES string of the molecule is CC(C)N(C(=O)O)C1CCCCC1.CCC(Cc1c[nH]c2ccccc12)N(C)C(=O)c1cc(C(F)(F)F)cc(C(F)(F)F)c1. The molecule has 1 unspecified atom stereocenters. The summed E-state index contributed by atoms with van der Waals surface area (Å²) in [7, 11) is 1.39. The quantitative estimate of drug-likeness (QED) is 0.257. The maximum absolute atomic E-state index is 13.1. The highest BCUT2D eigenvalue weighted by Crippen LogP contribution is 2.37. The molecule has 2 aromatic carbocycles. The van der Waals surface area contributed by atoms with Crippen LogP contribution in [0.25, 0.3) is 10.9 Å². The number of alkyl halides is 6. The van der Waals surface area contributed by atoms with Crippen LogP contribution in [0, 0.1) is 0 Å². The first-order chi connectivity index (χ1) is 20.5. The molecule has 1 saturated carbocycles. The van der Waals surface area contributed by atoms with Gasteiger partial charge in [0.2, 0.25) is 0 Å². The summed E-state index contributed by atoms with van der Waals surface area (Å²) in [5.74, 6) is -0.900. The Morgan fingerprint density at radius 2 is 1.52 bits per heavy atom. The number of benzene rings is 2. The van der Waals surface area contributed by atoms with Crippen molar-refractivity contribution in [2.75, 3.05) is 7.05 Å². The van der Waals surface area contributed by atoms with Crippen molar-refractivity contribution in [1.29, 1.82) is 0 Å². The fraction of sp³-hybridized carbons (Fsp3) is 0.500. The van der Waals surface area contributed by atoms with Crippen LogP contribution >= 0.6 is 0 Å². The molecule has 4 rings (SSSR count). The molecule has 2 N–H and O–H groups in total. The number of nitrogens with one attached hydrogen (secondary N) is 1. The van der Waals surface area contributed by atoms with Crippen LogP contribution in [0.5, 0.6) is 0 Å². The van der Waals surface area contributed by atoms with Crippen molar-refractivity contribution in [1.82, 2.24) is 14.8 Å². The molecule has 3 aromatic rings. The van der Waals surface area contributed by atoms with Crippen molar-refractivity contribution in [2.45, 2.75) is 96.2 Å². The molecule has 6 nitrogen and oxygen atoms in total. The Kier molecular flexibility index (Phi) is 11.4. The number of hydrogen-bond acceptors (Lipinski definition) is 2. The van der Waals surface area contributed by atoms with E-state index in [0.29, 0.717) is 25.0 Å². The Morgan fingerprint density at radius 3 is 2.02 bits per heavy atom. The summed E-state index contributed by atoms with van der Waals surface area (Å²) in [6, 6.07) is 8.41. The number of carbonyl (C=O) groups excluding carboxylic acids is 1. The van der Waals surface area contributed by atoms with Gasteiger partial charge < -0.3 is 19.9 Å². The van der Waals surface area contributed by atoms with Crippen molar-refractivity contribution in [3.8, 4) is 0 Å². The topological polar surface area (TPSA) is 76.6 Å². The molecular weight excluding hydrogens is 588 g/mol. The molecular formula is C32H39F6N3O3. The summed E-state index contributed by atoms with van der Waals surface area (Å²) < 4.78 is 78.8. The van der Waals surface area contributed by atoms with Gasteiger partial charge in [0.15, 0.2) is 0 Å². The van der Waals surface area contributed by atoms with E-state index in [1.165, 1.54) is 31.2 Å². The lowest BCUT2D eigenvalue weighted by Gasteiger charge is -2.35. The lowest BCUT2D eigenvalue weighted by atomic mass is 9.94. The van der Waals surface area contributed by atoms with Crippen LogP contribution in [0.1, 0.15) is 86.3 Å². The van der Waals surface area contributed by atoms with Crippen LogP contribution < -0.4 is 0 Å². The summed E-state index contributed by atoms with van der Waals surface area (Å²) in [6.45, 7) is 5.70. The Labute approximate surface area is 253 Å². The van der Waals surface area contributed by atoms with Crippen LogP contribution in [-0.2, 0) is 18.8 Å². The fourth-order valence-electron chi connectivity index (χ4n) is 5.72. The zero-order valence-corrected chi connectivity index (χ0v) is 25.2. The predicted molar refractivity (Wildman–Crippen MR) is 156 cm³/mol. The van der Waals surface area contributed by atoms with Gasteiger partial charge in [0, 0.05) is 47.8 Å². The summed E-state index contributed by atoms with van der Waals surface area (Å²) in [5.41, 5.74) is -1.87. The molecule has 44 heavy (non-hydrogen) atoms.